The lowest BCUT2D eigenvalue weighted by atomic mass is 10.0. The second-order valence-corrected chi connectivity index (χ2v) is 5.98. The Morgan fingerprint density at radius 1 is 0.708 bits per heavy atom. The summed E-state index contributed by atoms with van der Waals surface area (Å²) in [5.74, 6) is -2.27. The molecule has 2 fully saturated rings. The zero-order valence-electron chi connectivity index (χ0n) is 13.9. The number of ether oxygens (including phenoxy) is 2. The van der Waals surface area contributed by atoms with E-state index in [2.05, 4.69) is 9.80 Å². The van der Waals surface area contributed by atoms with E-state index in [1.807, 2.05) is 0 Å². The Hall–Kier alpha value is -1.48. The van der Waals surface area contributed by atoms with E-state index >= 15 is 0 Å². The average Bonchev–Trinajstić information content (AvgIpc) is 2.59. The second-order valence-electron chi connectivity index (χ2n) is 5.98. The lowest BCUT2D eigenvalue weighted by molar-refractivity contribution is -0.136. The third-order valence-corrected chi connectivity index (χ3v) is 4.44. The average molecular weight is 342 g/mol. The molecule has 0 atom stereocenters. The van der Waals surface area contributed by atoms with E-state index in [9.17, 15) is 19.8 Å². The first-order chi connectivity index (χ1) is 11.6. The second kappa shape index (κ2) is 9.73. The topological polar surface area (TPSA) is 99.5 Å². The van der Waals surface area contributed by atoms with Gasteiger partial charge in [0, 0.05) is 50.4 Å². The van der Waals surface area contributed by atoms with Gasteiger partial charge in [-0.15, -0.1) is 0 Å². The maximum absolute atomic E-state index is 11.6. The van der Waals surface area contributed by atoms with E-state index < -0.39 is 11.9 Å². The van der Waals surface area contributed by atoms with Gasteiger partial charge in [-0.3, -0.25) is 9.80 Å². The summed E-state index contributed by atoms with van der Waals surface area (Å²) in [6.07, 6.45) is 0.472. The number of carbonyl (C=O) groups is 2. The van der Waals surface area contributed by atoms with Crippen molar-refractivity contribution >= 4 is 11.9 Å². The molecule has 8 nitrogen and oxygen atoms in total. The highest BCUT2D eigenvalue weighted by Crippen LogP contribution is 2.16. The van der Waals surface area contributed by atoms with E-state index in [-0.39, 0.29) is 24.0 Å². The predicted molar refractivity (Wildman–Crippen MR) is 86.0 cm³/mol. The molecule has 2 rings (SSSR count). The Bertz CT molecular complexity index is 425. The Labute approximate surface area is 141 Å². The SMILES string of the molecule is O=C(O)C(CCN1CCOCC1)=C(CCN1CCOCC1)C(=O)O. The Kier molecular flexibility index (Phi) is 7.64. The molecule has 0 aromatic rings. The minimum absolute atomic E-state index is 0.0160. The van der Waals surface area contributed by atoms with Crippen LogP contribution in [-0.2, 0) is 19.1 Å². The summed E-state index contributed by atoms with van der Waals surface area (Å²) < 4.78 is 10.5. The standard InChI is InChI=1S/C16H26N2O6/c19-15(20)13(1-3-17-5-9-23-10-6-17)14(16(21)22)2-4-18-7-11-24-12-8-18/h1-12H2,(H,19,20)(H,21,22). The van der Waals surface area contributed by atoms with Gasteiger partial charge in [-0.25, -0.2) is 9.59 Å². The molecular formula is C16H26N2O6. The molecule has 0 aromatic carbocycles. The summed E-state index contributed by atoms with van der Waals surface area (Å²) in [6.45, 7) is 6.63. The van der Waals surface area contributed by atoms with Crippen molar-refractivity contribution in [2.75, 3.05) is 65.7 Å². The largest absolute Gasteiger partial charge is 0.478 e. The lowest BCUT2D eigenvalue weighted by Gasteiger charge is -2.27. The van der Waals surface area contributed by atoms with Crippen LogP contribution in [-0.4, -0.2) is 97.6 Å². The number of carboxylic acids is 2. The fourth-order valence-electron chi connectivity index (χ4n) is 2.96. The molecule has 0 unspecified atom stereocenters. The summed E-state index contributed by atoms with van der Waals surface area (Å²) >= 11 is 0. The van der Waals surface area contributed by atoms with Crippen molar-refractivity contribution in [1.29, 1.82) is 0 Å². The maximum Gasteiger partial charge on any atom is 0.332 e. The first kappa shape index (κ1) is 18.9. The Morgan fingerprint density at radius 2 is 1.04 bits per heavy atom. The molecule has 2 aliphatic rings. The molecule has 0 bridgehead atoms. The number of hydrogen-bond acceptors (Lipinski definition) is 6. The summed E-state index contributed by atoms with van der Waals surface area (Å²) in [4.78, 5) is 27.4. The minimum Gasteiger partial charge on any atom is -0.478 e. The van der Waals surface area contributed by atoms with Crippen LogP contribution in [0.25, 0.3) is 0 Å². The molecule has 136 valence electrons. The van der Waals surface area contributed by atoms with Crippen LogP contribution in [0.3, 0.4) is 0 Å². The third kappa shape index (κ3) is 5.86. The van der Waals surface area contributed by atoms with Gasteiger partial charge in [0.25, 0.3) is 0 Å². The van der Waals surface area contributed by atoms with E-state index in [1.165, 1.54) is 0 Å². The fourth-order valence-corrected chi connectivity index (χ4v) is 2.96. The quantitative estimate of drug-likeness (QED) is 0.590. The molecular weight excluding hydrogens is 316 g/mol. The van der Waals surface area contributed by atoms with Crippen LogP contribution in [0, 0.1) is 0 Å². The van der Waals surface area contributed by atoms with Crippen molar-refractivity contribution in [3.05, 3.63) is 11.1 Å². The van der Waals surface area contributed by atoms with Crippen molar-refractivity contribution in [1.82, 2.24) is 9.80 Å². The number of morpholine rings is 2. The number of carboxylic acid groups (broad SMARTS) is 2. The smallest absolute Gasteiger partial charge is 0.332 e. The van der Waals surface area contributed by atoms with Crippen LogP contribution >= 0.6 is 0 Å². The molecule has 0 saturated carbocycles. The molecule has 0 aliphatic carbocycles. The number of hydrogen-bond donors (Lipinski definition) is 2. The molecule has 2 aliphatic heterocycles. The van der Waals surface area contributed by atoms with Gasteiger partial charge in [0.2, 0.25) is 0 Å². The minimum atomic E-state index is -1.14. The van der Waals surface area contributed by atoms with Crippen LogP contribution in [0.15, 0.2) is 11.1 Å². The Balaban J connectivity index is 1.98. The lowest BCUT2D eigenvalue weighted by Crippen LogP contribution is -2.38. The van der Waals surface area contributed by atoms with Gasteiger partial charge in [0.15, 0.2) is 0 Å². The molecule has 2 N–H and O–H groups in total. The molecule has 2 heterocycles. The van der Waals surface area contributed by atoms with Crippen molar-refractivity contribution in [2.45, 2.75) is 12.8 Å². The zero-order chi connectivity index (χ0) is 17.4. The van der Waals surface area contributed by atoms with Gasteiger partial charge < -0.3 is 19.7 Å². The van der Waals surface area contributed by atoms with Gasteiger partial charge in [0.1, 0.15) is 0 Å². The van der Waals surface area contributed by atoms with Gasteiger partial charge in [-0.05, 0) is 12.8 Å². The molecule has 0 amide bonds. The number of rotatable bonds is 8. The highest BCUT2D eigenvalue weighted by Gasteiger charge is 2.22. The monoisotopic (exact) mass is 342 g/mol. The van der Waals surface area contributed by atoms with Crippen molar-refractivity contribution < 1.29 is 29.3 Å². The van der Waals surface area contributed by atoms with Crippen LogP contribution in [0.4, 0.5) is 0 Å². The van der Waals surface area contributed by atoms with Crippen LogP contribution < -0.4 is 0 Å². The van der Waals surface area contributed by atoms with Gasteiger partial charge in [-0.1, -0.05) is 0 Å². The van der Waals surface area contributed by atoms with Crippen molar-refractivity contribution in [2.24, 2.45) is 0 Å². The first-order valence-electron chi connectivity index (χ1n) is 8.36. The van der Waals surface area contributed by atoms with E-state index in [0.717, 1.165) is 26.2 Å². The summed E-state index contributed by atoms with van der Waals surface area (Å²) in [5, 5.41) is 18.9. The number of aliphatic carboxylic acids is 2. The summed E-state index contributed by atoms with van der Waals surface area (Å²) in [6, 6.07) is 0. The Morgan fingerprint density at radius 3 is 1.33 bits per heavy atom. The predicted octanol–water partition coefficient (Wildman–Crippen LogP) is -0.103. The highest BCUT2D eigenvalue weighted by atomic mass is 16.5. The molecule has 0 radical (unpaired) electrons. The molecule has 0 aromatic heterocycles. The van der Waals surface area contributed by atoms with Crippen molar-refractivity contribution in [3.8, 4) is 0 Å². The molecule has 24 heavy (non-hydrogen) atoms. The van der Waals surface area contributed by atoms with Crippen LogP contribution in [0.1, 0.15) is 12.8 Å². The fraction of sp³-hybridized carbons (Fsp3) is 0.750. The summed E-state index contributed by atoms with van der Waals surface area (Å²) in [5.41, 5.74) is 0.0319. The van der Waals surface area contributed by atoms with Gasteiger partial charge in [0.05, 0.1) is 26.4 Å². The molecule has 0 spiro atoms. The summed E-state index contributed by atoms with van der Waals surface area (Å²) in [7, 11) is 0. The first-order valence-corrected chi connectivity index (χ1v) is 8.36. The van der Waals surface area contributed by atoms with Gasteiger partial charge >= 0.3 is 11.9 Å². The zero-order valence-corrected chi connectivity index (χ0v) is 13.9. The van der Waals surface area contributed by atoms with Crippen LogP contribution in [0.5, 0.6) is 0 Å². The molecule has 2 saturated heterocycles. The normalized spacial score (nSPS) is 21.3. The maximum atomic E-state index is 11.6. The van der Waals surface area contributed by atoms with Gasteiger partial charge in [-0.2, -0.15) is 0 Å². The van der Waals surface area contributed by atoms with Crippen LogP contribution in [0.2, 0.25) is 0 Å². The van der Waals surface area contributed by atoms with E-state index in [1.54, 1.807) is 0 Å². The highest BCUT2D eigenvalue weighted by molar-refractivity contribution is 5.98. The van der Waals surface area contributed by atoms with E-state index in [0.29, 0.717) is 39.5 Å². The van der Waals surface area contributed by atoms with Crippen molar-refractivity contribution in [3.63, 3.8) is 0 Å². The van der Waals surface area contributed by atoms with E-state index in [4.69, 9.17) is 9.47 Å². The molecule has 8 heteroatoms. The third-order valence-electron chi connectivity index (χ3n) is 4.44. The number of nitrogens with zero attached hydrogens (tertiary/aromatic N) is 2.